The van der Waals surface area contributed by atoms with Gasteiger partial charge in [0.05, 0.1) is 12.2 Å². The van der Waals surface area contributed by atoms with Crippen LogP contribution >= 0.6 is 0 Å². The Kier molecular flexibility index (Phi) is 4.97. The zero-order chi connectivity index (χ0) is 17.0. The van der Waals surface area contributed by atoms with E-state index in [1.807, 2.05) is 48.5 Å². The summed E-state index contributed by atoms with van der Waals surface area (Å²) < 4.78 is 26.8. The number of aryl methyl sites for hydroxylation is 1. The monoisotopic (exact) mass is 344 g/mol. The number of hydrogen-bond acceptors (Lipinski definition) is 3. The summed E-state index contributed by atoms with van der Waals surface area (Å²) >= 11 is 0. The molecule has 1 heterocycles. The first-order chi connectivity index (χ1) is 11.5. The molecule has 0 saturated heterocycles. The van der Waals surface area contributed by atoms with E-state index in [2.05, 4.69) is 10.0 Å². The fourth-order valence-electron chi connectivity index (χ4n) is 2.76. The van der Waals surface area contributed by atoms with Gasteiger partial charge in [-0.1, -0.05) is 42.5 Å². The lowest BCUT2D eigenvalue weighted by Crippen LogP contribution is -2.29. The van der Waals surface area contributed by atoms with Crippen LogP contribution in [-0.4, -0.2) is 26.6 Å². The molecule has 0 aromatic heterocycles. The Morgan fingerprint density at radius 2 is 1.79 bits per heavy atom. The second-order valence-electron chi connectivity index (χ2n) is 5.92. The number of rotatable bonds is 7. The molecule has 0 spiro atoms. The first-order valence-electron chi connectivity index (χ1n) is 7.95. The van der Waals surface area contributed by atoms with Crippen molar-refractivity contribution in [3.8, 4) is 0 Å². The molecule has 0 bridgehead atoms. The van der Waals surface area contributed by atoms with Crippen molar-refractivity contribution < 1.29 is 13.2 Å². The van der Waals surface area contributed by atoms with Gasteiger partial charge in [-0.3, -0.25) is 4.79 Å². The number of hydrogen-bond donors (Lipinski definition) is 2. The summed E-state index contributed by atoms with van der Waals surface area (Å²) in [5.41, 5.74) is 3.87. The molecule has 5 nitrogen and oxygen atoms in total. The molecule has 1 amide bonds. The van der Waals surface area contributed by atoms with E-state index in [-0.39, 0.29) is 11.7 Å². The van der Waals surface area contributed by atoms with Crippen molar-refractivity contribution in [3.05, 3.63) is 65.2 Å². The Labute approximate surface area is 142 Å². The summed E-state index contributed by atoms with van der Waals surface area (Å²) in [7, 11) is -3.29. The zero-order valence-electron chi connectivity index (χ0n) is 13.3. The van der Waals surface area contributed by atoms with Crippen molar-refractivity contribution in [2.75, 3.05) is 17.6 Å². The van der Waals surface area contributed by atoms with E-state index in [4.69, 9.17) is 0 Å². The summed E-state index contributed by atoms with van der Waals surface area (Å²) in [5.74, 6) is 0.0864. The minimum Gasteiger partial charge on any atom is -0.326 e. The van der Waals surface area contributed by atoms with Gasteiger partial charge in [0.1, 0.15) is 0 Å². The van der Waals surface area contributed by atoms with Crippen molar-refractivity contribution in [3.63, 3.8) is 0 Å². The summed E-state index contributed by atoms with van der Waals surface area (Å²) in [6.07, 6.45) is 1.50. The predicted molar refractivity (Wildman–Crippen MR) is 94.4 cm³/mol. The minimum absolute atomic E-state index is 0.00349. The standard InChI is InChI=1S/C18H20N2O3S/c21-18-13-16-12-15(6-7-17(16)20-18)8-10-19-24(22,23)11-9-14-4-2-1-3-5-14/h1-7,12,19H,8-11,13H2,(H,20,21). The van der Waals surface area contributed by atoms with Crippen LogP contribution in [0.2, 0.25) is 0 Å². The van der Waals surface area contributed by atoms with E-state index in [0.29, 0.717) is 25.8 Å². The van der Waals surface area contributed by atoms with Gasteiger partial charge in [0, 0.05) is 12.2 Å². The summed E-state index contributed by atoms with van der Waals surface area (Å²) in [5, 5.41) is 2.79. The van der Waals surface area contributed by atoms with Gasteiger partial charge in [-0.05, 0) is 35.6 Å². The number of fused-ring (bicyclic) bond motifs is 1. The second kappa shape index (κ2) is 7.15. The van der Waals surface area contributed by atoms with E-state index < -0.39 is 10.0 Å². The highest BCUT2D eigenvalue weighted by Gasteiger charge is 2.17. The zero-order valence-corrected chi connectivity index (χ0v) is 14.1. The third-order valence-corrected chi connectivity index (χ3v) is 5.42. The molecule has 6 heteroatoms. The largest absolute Gasteiger partial charge is 0.326 e. The third kappa shape index (κ3) is 4.43. The summed E-state index contributed by atoms with van der Waals surface area (Å²) in [6.45, 7) is 0.358. The van der Waals surface area contributed by atoms with Gasteiger partial charge < -0.3 is 5.32 Å². The number of nitrogens with one attached hydrogen (secondary N) is 2. The molecule has 126 valence electrons. The van der Waals surface area contributed by atoms with Crippen molar-refractivity contribution in [1.82, 2.24) is 4.72 Å². The van der Waals surface area contributed by atoms with Gasteiger partial charge in [0.15, 0.2) is 0 Å². The van der Waals surface area contributed by atoms with E-state index in [0.717, 1.165) is 22.4 Å². The highest BCUT2D eigenvalue weighted by molar-refractivity contribution is 7.89. The lowest BCUT2D eigenvalue weighted by molar-refractivity contribution is -0.115. The van der Waals surface area contributed by atoms with Gasteiger partial charge in [-0.15, -0.1) is 0 Å². The quantitative estimate of drug-likeness (QED) is 0.805. The molecule has 2 aromatic rings. The number of anilines is 1. The fraction of sp³-hybridized carbons (Fsp3) is 0.278. The van der Waals surface area contributed by atoms with Crippen molar-refractivity contribution in [2.45, 2.75) is 19.3 Å². The topological polar surface area (TPSA) is 75.3 Å². The lowest BCUT2D eigenvalue weighted by atomic mass is 10.1. The molecule has 1 aliphatic rings. The maximum Gasteiger partial charge on any atom is 0.228 e. The number of carbonyl (C=O) groups is 1. The van der Waals surface area contributed by atoms with Crippen LogP contribution in [0.15, 0.2) is 48.5 Å². The SMILES string of the molecule is O=C1Cc2cc(CCNS(=O)(=O)CCc3ccccc3)ccc2N1. The maximum absolute atomic E-state index is 12.1. The molecule has 0 aliphatic carbocycles. The average molecular weight is 344 g/mol. The summed E-state index contributed by atoms with van der Waals surface area (Å²) in [6, 6.07) is 15.3. The third-order valence-electron chi connectivity index (χ3n) is 4.03. The van der Waals surface area contributed by atoms with Crippen LogP contribution in [0.3, 0.4) is 0 Å². The van der Waals surface area contributed by atoms with Gasteiger partial charge >= 0.3 is 0 Å². The molecule has 3 rings (SSSR count). The molecule has 0 unspecified atom stereocenters. The Morgan fingerprint density at radius 1 is 1.00 bits per heavy atom. The Morgan fingerprint density at radius 3 is 2.58 bits per heavy atom. The van der Waals surface area contributed by atoms with Crippen LogP contribution in [0, 0.1) is 0 Å². The van der Waals surface area contributed by atoms with Crippen molar-refractivity contribution in [1.29, 1.82) is 0 Å². The van der Waals surface area contributed by atoms with Crippen molar-refractivity contribution in [2.24, 2.45) is 0 Å². The molecule has 0 saturated carbocycles. The Balaban J connectivity index is 1.49. The molecule has 0 fully saturated rings. The Hall–Kier alpha value is -2.18. The molecule has 0 atom stereocenters. The van der Waals surface area contributed by atoms with Crippen LogP contribution in [0.1, 0.15) is 16.7 Å². The molecule has 2 N–H and O–H groups in total. The van der Waals surface area contributed by atoms with Crippen LogP contribution in [0.25, 0.3) is 0 Å². The lowest BCUT2D eigenvalue weighted by Gasteiger charge is -2.08. The highest BCUT2D eigenvalue weighted by Crippen LogP contribution is 2.23. The number of carbonyl (C=O) groups excluding carboxylic acids is 1. The number of sulfonamides is 1. The van der Waals surface area contributed by atoms with Crippen molar-refractivity contribution >= 4 is 21.6 Å². The first kappa shape index (κ1) is 16.7. The van der Waals surface area contributed by atoms with Gasteiger partial charge in [0.2, 0.25) is 15.9 Å². The molecule has 2 aromatic carbocycles. The predicted octanol–water partition coefficient (Wildman–Crippen LogP) is 1.89. The molecule has 0 radical (unpaired) electrons. The normalized spacial score (nSPS) is 13.6. The number of amides is 1. The van der Waals surface area contributed by atoms with Gasteiger partial charge in [-0.2, -0.15) is 0 Å². The highest BCUT2D eigenvalue weighted by atomic mass is 32.2. The van der Waals surface area contributed by atoms with Gasteiger partial charge in [0.25, 0.3) is 0 Å². The van der Waals surface area contributed by atoms with E-state index in [1.54, 1.807) is 0 Å². The van der Waals surface area contributed by atoms with E-state index >= 15 is 0 Å². The second-order valence-corrected chi connectivity index (χ2v) is 7.84. The van der Waals surface area contributed by atoms with Crippen LogP contribution < -0.4 is 10.0 Å². The summed E-state index contributed by atoms with van der Waals surface area (Å²) in [4.78, 5) is 11.3. The van der Waals surface area contributed by atoms with E-state index in [9.17, 15) is 13.2 Å². The minimum atomic E-state index is -3.29. The van der Waals surface area contributed by atoms with Gasteiger partial charge in [-0.25, -0.2) is 13.1 Å². The molecular formula is C18H20N2O3S. The fourth-order valence-corrected chi connectivity index (χ4v) is 3.82. The molecule has 24 heavy (non-hydrogen) atoms. The van der Waals surface area contributed by atoms with E-state index in [1.165, 1.54) is 0 Å². The maximum atomic E-state index is 12.1. The average Bonchev–Trinajstić information content (AvgIpc) is 2.93. The smallest absolute Gasteiger partial charge is 0.228 e. The molecular weight excluding hydrogens is 324 g/mol. The Bertz CT molecular complexity index is 833. The number of benzene rings is 2. The molecule has 1 aliphatic heterocycles. The van der Waals surface area contributed by atoms with Crippen LogP contribution in [-0.2, 0) is 34.1 Å². The first-order valence-corrected chi connectivity index (χ1v) is 9.60. The van der Waals surface area contributed by atoms with Crippen LogP contribution in [0.5, 0.6) is 0 Å². The van der Waals surface area contributed by atoms with Crippen LogP contribution in [0.4, 0.5) is 5.69 Å².